The minimum absolute atomic E-state index is 0.0420. The molecule has 6 heteroatoms. The number of phenolic OH excluding ortho intramolecular Hbond substituents is 1. The van der Waals surface area contributed by atoms with Crippen LogP contribution < -0.4 is 11.1 Å². The van der Waals surface area contributed by atoms with E-state index < -0.39 is 0 Å². The standard InChI is InChI=1S/C15H15N3O3/c1-9-12(6-3-7-13(9)19)15(20)17-11-5-2-4-10(8-11)14(16)18-21/h2-8,19,21H,1H3,(H2,16,18)(H,17,20). The van der Waals surface area contributed by atoms with E-state index >= 15 is 0 Å². The number of amides is 1. The van der Waals surface area contributed by atoms with Gasteiger partial charge in [0.25, 0.3) is 5.91 Å². The molecule has 0 aromatic heterocycles. The van der Waals surface area contributed by atoms with Gasteiger partial charge in [0.2, 0.25) is 0 Å². The SMILES string of the molecule is Cc1c(O)cccc1C(=O)Nc1cccc(/C(N)=N/O)c1. The van der Waals surface area contributed by atoms with E-state index in [0.717, 1.165) is 0 Å². The second-order valence-corrected chi connectivity index (χ2v) is 4.47. The van der Waals surface area contributed by atoms with Gasteiger partial charge in [0.05, 0.1) is 0 Å². The van der Waals surface area contributed by atoms with Crippen LogP contribution in [0.2, 0.25) is 0 Å². The molecule has 0 unspecified atom stereocenters. The molecule has 21 heavy (non-hydrogen) atoms. The minimum atomic E-state index is -0.347. The highest BCUT2D eigenvalue weighted by Gasteiger charge is 2.12. The van der Waals surface area contributed by atoms with E-state index in [4.69, 9.17) is 10.9 Å². The van der Waals surface area contributed by atoms with Crippen molar-refractivity contribution in [3.8, 4) is 5.75 Å². The maximum absolute atomic E-state index is 12.2. The lowest BCUT2D eigenvalue weighted by Crippen LogP contribution is -2.16. The number of aromatic hydroxyl groups is 1. The Morgan fingerprint density at radius 1 is 1.24 bits per heavy atom. The molecule has 1 amide bonds. The van der Waals surface area contributed by atoms with E-state index in [1.165, 1.54) is 6.07 Å². The summed E-state index contributed by atoms with van der Waals surface area (Å²) in [6.07, 6.45) is 0. The summed E-state index contributed by atoms with van der Waals surface area (Å²) >= 11 is 0. The number of carbonyl (C=O) groups is 1. The highest BCUT2D eigenvalue weighted by atomic mass is 16.4. The monoisotopic (exact) mass is 285 g/mol. The van der Waals surface area contributed by atoms with Gasteiger partial charge in [-0.2, -0.15) is 0 Å². The van der Waals surface area contributed by atoms with Gasteiger partial charge in [0, 0.05) is 22.4 Å². The number of hydrogen-bond donors (Lipinski definition) is 4. The molecule has 0 aliphatic carbocycles. The van der Waals surface area contributed by atoms with E-state index in [1.54, 1.807) is 43.3 Å². The highest BCUT2D eigenvalue weighted by molar-refractivity contribution is 6.06. The number of anilines is 1. The average molecular weight is 285 g/mol. The zero-order valence-electron chi connectivity index (χ0n) is 11.4. The summed E-state index contributed by atoms with van der Waals surface area (Å²) in [6, 6.07) is 11.4. The van der Waals surface area contributed by atoms with E-state index in [0.29, 0.717) is 22.4 Å². The topological polar surface area (TPSA) is 108 Å². The minimum Gasteiger partial charge on any atom is -0.508 e. The first-order valence-electron chi connectivity index (χ1n) is 6.21. The fourth-order valence-electron chi connectivity index (χ4n) is 1.88. The third-order valence-corrected chi connectivity index (χ3v) is 3.07. The van der Waals surface area contributed by atoms with Gasteiger partial charge in [-0.15, -0.1) is 0 Å². The summed E-state index contributed by atoms with van der Waals surface area (Å²) in [6.45, 7) is 1.66. The molecule has 6 nitrogen and oxygen atoms in total. The van der Waals surface area contributed by atoms with Crippen LogP contribution in [-0.4, -0.2) is 22.1 Å². The first-order valence-corrected chi connectivity index (χ1v) is 6.21. The lowest BCUT2D eigenvalue weighted by atomic mass is 10.1. The van der Waals surface area contributed by atoms with Crippen LogP contribution in [0, 0.1) is 6.92 Å². The molecule has 0 aliphatic heterocycles. The first kappa shape index (κ1) is 14.4. The van der Waals surface area contributed by atoms with Gasteiger partial charge >= 0.3 is 0 Å². The molecule has 5 N–H and O–H groups in total. The summed E-state index contributed by atoms with van der Waals surface area (Å²) < 4.78 is 0. The van der Waals surface area contributed by atoms with Crippen LogP contribution in [0.5, 0.6) is 5.75 Å². The van der Waals surface area contributed by atoms with Crippen molar-refractivity contribution in [3.05, 3.63) is 59.2 Å². The molecule has 2 aromatic carbocycles. The second kappa shape index (κ2) is 5.96. The fourth-order valence-corrected chi connectivity index (χ4v) is 1.88. The summed E-state index contributed by atoms with van der Waals surface area (Å²) in [5, 5.41) is 23.9. The Morgan fingerprint density at radius 2 is 1.95 bits per heavy atom. The number of oxime groups is 1. The molecular formula is C15H15N3O3. The number of phenols is 1. The number of amidine groups is 1. The van der Waals surface area contributed by atoms with E-state index in [9.17, 15) is 9.90 Å². The molecule has 0 spiro atoms. The molecule has 0 bridgehead atoms. The predicted molar refractivity (Wildman–Crippen MR) is 79.7 cm³/mol. The van der Waals surface area contributed by atoms with Crippen LogP contribution in [0.3, 0.4) is 0 Å². The van der Waals surface area contributed by atoms with Gasteiger partial charge in [-0.25, -0.2) is 0 Å². The van der Waals surface area contributed by atoms with E-state index in [-0.39, 0.29) is 17.5 Å². The Bertz CT molecular complexity index is 711. The van der Waals surface area contributed by atoms with Crippen LogP contribution in [0.15, 0.2) is 47.6 Å². The number of nitrogens with zero attached hydrogens (tertiary/aromatic N) is 1. The van der Waals surface area contributed by atoms with Gasteiger partial charge in [-0.05, 0) is 31.2 Å². The van der Waals surface area contributed by atoms with Gasteiger partial charge in [0.15, 0.2) is 5.84 Å². The lowest BCUT2D eigenvalue weighted by molar-refractivity contribution is 0.102. The van der Waals surface area contributed by atoms with Crippen molar-refractivity contribution < 1.29 is 15.1 Å². The average Bonchev–Trinajstić information content (AvgIpc) is 2.49. The molecule has 0 atom stereocenters. The Morgan fingerprint density at radius 3 is 2.67 bits per heavy atom. The quantitative estimate of drug-likeness (QED) is 0.299. The van der Waals surface area contributed by atoms with Crippen LogP contribution in [0.25, 0.3) is 0 Å². The van der Waals surface area contributed by atoms with E-state index in [1.807, 2.05) is 0 Å². The van der Waals surface area contributed by atoms with Crippen molar-refractivity contribution in [2.24, 2.45) is 10.9 Å². The van der Waals surface area contributed by atoms with Crippen molar-refractivity contribution in [2.45, 2.75) is 6.92 Å². The zero-order valence-corrected chi connectivity index (χ0v) is 11.4. The van der Waals surface area contributed by atoms with Crippen molar-refractivity contribution in [3.63, 3.8) is 0 Å². The molecule has 0 saturated heterocycles. The van der Waals surface area contributed by atoms with Gasteiger partial charge in [-0.1, -0.05) is 23.4 Å². The molecular weight excluding hydrogens is 270 g/mol. The third-order valence-electron chi connectivity index (χ3n) is 3.07. The normalized spacial score (nSPS) is 11.2. The predicted octanol–water partition coefficient (Wildman–Crippen LogP) is 2.05. The maximum Gasteiger partial charge on any atom is 0.256 e. The lowest BCUT2D eigenvalue weighted by Gasteiger charge is -2.09. The summed E-state index contributed by atoms with van der Waals surface area (Å²) in [4.78, 5) is 12.2. The van der Waals surface area contributed by atoms with Crippen LogP contribution >= 0.6 is 0 Å². The number of hydrogen-bond acceptors (Lipinski definition) is 4. The maximum atomic E-state index is 12.2. The summed E-state index contributed by atoms with van der Waals surface area (Å²) in [5.41, 5.74) is 7.38. The number of nitrogens with one attached hydrogen (secondary N) is 1. The molecule has 0 fully saturated rings. The fraction of sp³-hybridized carbons (Fsp3) is 0.0667. The largest absolute Gasteiger partial charge is 0.508 e. The van der Waals surface area contributed by atoms with Crippen molar-refractivity contribution >= 4 is 17.4 Å². The Labute approximate surface area is 121 Å². The van der Waals surface area contributed by atoms with Gasteiger partial charge < -0.3 is 21.4 Å². The molecule has 0 saturated carbocycles. The third kappa shape index (κ3) is 3.11. The first-order chi connectivity index (χ1) is 10.0. The molecule has 0 heterocycles. The van der Waals surface area contributed by atoms with E-state index in [2.05, 4.69) is 10.5 Å². The number of benzene rings is 2. The van der Waals surface area contributed by atoms with Gasteiger partial charge in [-0.3, -0.25) is 4.79 Å². The Balaban J connectivity index is 2.26. The van der Waals surface area contributed by atoms with Crippen molar-refractivity contribution in [1.29, 1.82) is 0 Å². The molecule has 2 aromatic rings. The summed E-state index contributed by atoms with van der Waals surface area (Å²) in [5.74, 6) is -0.326. The Kier molecular flexibility index (Phi) is 4.08. The van der Waals surface area contributed by atoms with Crippen molar-refractivity contribution in [1.82, 2.24) is 0 Å². The van der Waals surface area contributed by atoms with Crippen LogP contribution in [0.1, 0.15) is 21.5 Å². The van der Waals surface area contributed by atoms with Crippen LogP contribution in [-0.2, 0) is 0 Å². The number of rotatable bonds is 3. The molecule has 2 rings (SSSR count). The molecule has 108 valence electrons. The Hall–Kier alpha value is -3.02. The van der Waals surface area contributed by atoms with Crippen molar-refractivity contribution in [2.75, 3.05) is 5.32 Å². The number of carbonyl (C=O) groups excluding carboxylic acids is 1. The number of nitrogens with two attached hydrogens (primary N) is 1. The smallest absolute Gasteiger partial charge is 0.256 e. The highest BCUT2D eigenvalue weighted by Crippen LogP contribution is 2.21. The van der Waals surface area contributed by atoms with Gasteiger partial charge in [0.1, 0.15) is 5.75 Å². The summed E-state index contributed by atoms with van der Waals surface area (Å²) in [7, 11) is 0. The second-order valence-electron chi connectivity index (χ2n) is 4.47. The zero-order chi connectivity index (χ0) is 15.4. The molecule has 0 radical (unpaired) electrons. The molecule has 0 aliphatic rings. The van der Waals surface area contributed by atoms with Crippen LogP contribution in [0.4, 0.5) is 5.69 Å².